The molecule has 0 bridgehead atoms. The predicted octanol–water partition coefficient (Wildman–Crippen LogP) is 2.23. The average molecular weight is 351 g/mol. The van der Waals surface area contributed by atoms with E-state index in [1.54, 1.807) is 25.1 Å². The van der Waals surface area contributed by atoms with Gasteiger partial charge in [-0.25, -0.2) is 8.42 Å². The van der Waals surface area contributed by atoms with Crippen LogP contribution in [0.1, 0.15) is 50.9 Å². The Labute approximate surface area is 141 Å². The molecular weight excluding hydrogens is 330 g/mol. The van der Waals surface area contributed by atoms with Crippen LogP contribution in [-0.2, 0) is 14.6 Å². The SMILES string of the molecule is CC(C)c1nnc([C@@H](C)NC(=O)CCS(=O)(=O)c2ccccc2)o1. The van der Waals surface area contributed by atoms with Crippen LogP contribution in [-0.4, -0.2) is 30.3 Å². The quantitative estimate of drug-likeness (QED) is 0.821. The zero-order valence-corrected chi connectivity index (χ0v) is 14.7. The fraction of sp³-hybridized carbons (Fsp3) is 0.438. The van der Waals surface area contributed by atoms with E-state index in [1.165, 1.54) is 12.1 Å². The molecule has 0 radical (unpaired) electrons. The lowest BCUT2D eigenvalue weighted by Gasteiger charge is -2.10. The molecule has 24 heavy (non-hydrogen) atoms. The summed E-state index contributed by atoms with van der Waals surface area (Å²) < 4.78 is 29.8. The fourth-order valence-corrected chi connectivity index (χ4v) is 3.26. The highest BCUT2D eigenvalue weighted by atomic mass is 32.2. The van der Waals surface area contributed by atoms with Crippen LogP contribution in [0.25, 0.3) is 0 Å². The molecule has 0 saturated carbocycles. The molecule has 0 fully saturated rings. The Bertz CT molecular complexity index is 785. The van der Waals surface area contributed by atoms with Gasteiger partial charge in [0.1, 0.15) is 6.04 Å². The smallest absolute Gasteiger partial charge is 0.238 e. The molecular formula is C16H21N3O4S. The Hall–Kier alpha value is -2.22. The van der Waals surface area contributed by atoms with Crippen LogP contribution in [0.2, 0.25) is 0 Å². The first kappa shape index (κ1) is 18.1. The second-order valence-corrected chi connectivity index (χ2v) is 7.91. The van der Waals surface area contributed by atoms with Gasteiger partial charge in [0.05, 0.1) is 10.6 Å². The van der Waals surface area contributed by atoms with Gasteiger partial charge in [-0.15, -0.1) is 10.2 Å². The van der Waals surface area contributed by atoms with Crippen molar-refractivity contribution in [3.63, 3.8) is 0 Å². The van der Waals surface area contributed by atoms with Gasteiger partial charge in [-0.2, -0.15) is 0 Å². The zero-order chi connectivity index (χ0) is 17.7. The van der Waals surface area contributed by atoms with Crippen LogP contribution in [0, 0.1) is 0 Å². The van der Waals surface area contributed by atoms with Crippen molar-refractivity contribution in [2.45, 2.75) is 44.0 Å². The lowest BCUT2D eigenvalue weighted by molar-refractivity contribution is -0.121. The maximum atomic E-state index is 12.1. The van der Waals surface area contributed by atoms with E-state index < -0.39 is 15.9 Å². The lowest BCUT2D eigenvalue weighted by atomic mass is 10.2. The molecule has 0 saturated heterocycles. The van der Waals surface area contributed by atoms with Crippen molar-refractivity contribution in [2.24, 2.45) is 0 Å². The van der Waals surface area contributed by atoms with Crippen molar-refractivity contribution in [3.8, 4) is 0 Å². The van der Waals surface area contributed by atoms with Crippen molar-refractivity contribution in [2.75, 3.05) is 5.75 Å². The topological polar surface area (TPSA) is 102 Å². The number of benzene rings is 1. The molecule has 0 unspecified atom stereocenters. The summed E-state index contributed by atoms with van der Waals surface area (Å²) in [6.07, 6.45) is -0.132. The highest BCUT2D eigenvalue weighted by Crippen LogP contribution is 2.17. The summed E-state index contributed by atoms with van der Waals surface area (Å²) in [6.45, 7) is 5.56. The molecule has 2 rings (SSSR count). The molecule has 1 heterocycles. The number of carbonyl (C=O) groups excluding carboxylic acids is 1. The summed E-state index contributed by atoms with van der Waals surface area (Å²) in [4.78, 5) is 12.2. The number of nitrogens with one attached hydrogen (secondary N) is 1. The number of sulfone groups is 1. The van der Waals surface area contributed by atoms with Crippen molar-refractivity contribution in [1.82, 2.24) is 15.5 Å². The first-order chi connectivity index (χ1) is 11.3. The zero-order valence-electron chi connectivity index (χ0n) is 13.9. The van der Waals surface area contributed by atoms with E-state index in [0.717, 1.165) is 0 Å². The first-order valence-electron chi connectivity index (χ1n) is 7.70. The van der Waals surface area contributed by atoms with Crippen LogP contribution in [0.15, 0.2) is 39.6 Å². The summed E-state index contributed by atoms with van der Waals surface area (Å²) in [5, 5.41) is 10.5. The first-order valence-corrected chi connectivity index (χ1v) is 9.35. The molecule has 7 nitrogen and oxygen atoms in total. The maximum Gasteiger partial charge on any atom is 0.238 e. The largest absolute Gasteiger partial charge is 0.423 e. The number of rotatable bonds is 7. The van der Waals surface area contributed by atoms with Crippen LogP contribution >= 0.6 is 0 Å². The highest BCUT2D eigenvalue weighted by molar-refractivity contribution is 7.91. The molecule has 1 N–H and O–H groups in total. The van der Waals surface area contributed by atoms with Crippen LogP contribution < -0.4 is 5.32 Å². The number of aromatic nitrogens is 2. The number of carbonyl (C=O) groups is 1. The van der Waals surface area contributed by atoms with Gasteiger partial charge in [-0.1, -0.05) is 32.0 Å². The normalized spacial score (nSPS) is 13.0. The molecule has 2 aromatic rings. The Morgan fingerprint density at radius 1 is 1.12 bits per heavy atom. The van der Waals surface area contributed by atoms with Crippen LogP contribution in [0.3, 0.4) is 0 Å². The summed E-state index contributed by atoms with van der Waals surface area (Å²) in [6, 6.07) is 7.59. The molecule has 0 aliphatic carbocycles. The number of hydrogen-bond acceptors (Lipinski definition) is 6. The van der Waals surface area contributed by atoms with E-state index in [0.29, 0.717) is 11.8 Å². The molecule has 0 aliphatic heterocycles. The lowest BCUT2D eigenvalue weighted by Crippen LogP contribution is -2.28. The Kier molecular flexibility index (Phi) is 5.71. The average Bonchev–Trinajstić information content (AvgIpc) is 3.04. The van der Waals surface area contributed by atoms with Gasteiger partial charge in [-0.05, 0) is 19.1 Å². The van der Waals surface area contributed by atoms with Gasteiger partial charge in [0.25, 0.3) is 0 Å². The minimum Gasteiger partial charge on any atom is -0.423 e. The van der Waals surface area contributed by atoms with E-state index in [-0.39, 0.29) is 28.9 Å². The Morgan fingerprint density at radius 2 is 1.75 bits per heavy atom. The van der Waals surface area contributed by atoms with Gasteiger partial charge >= 0.3 is 0 Å². The third-order valence-corrected chi connectivity index (χ3v) is 5.13. The minimum absolute atomic E-state index is 0.102. The molecule has 1 aromatic carbocycles. The van der Waals surface area contributed by atoms with Crippen molar-refractivity contribution < 1.29 is 17.6 Å². The van der Waals surface area contributed by atoms with Crippen molar-refractivity contribution in [3.05, 3.63) is 42.1 Å². The monoisotopic (exact) mass is 351 g/mol. The molecule has 1 atom stereocenters. The van der Waals surface area contributed by atoms with Crippen LogP contribution in [0.5, 0.6) is 0 Å². The highest BCUT2D eigenvalue weighted by Gasteiger charge is 2.20. The second kappa shape index (κ2) is 7.57. The molecule has 0 aliphatic rings. The molecule has 1 aromatic heterocycles. The summed E-state index contributed by atoms with van der Waals surface area (Å²) >= 11 is 0. The van der Waals surface area contributed by atoms with E-state index in [9.17, 15) is 13.2 Å². The third-order valence-electron chi connectivity index (χ3n) is 3.40. The molecule has 1 amide bonds. The van der Waals surface area contributed by atoms with Gasteiger partial charge < -0.3 is 9.73 Å². The number of amides is 1. The van der Waals surface area contributed by atoms with Gasteiger partial charge in [0, 0.05) is 12.3 Å². The van der Waals surface area contributed by atoms with E-state index in [1.807, 2.05) is 13.8 Å². The Morgan fingerprint density at radius 3 is 2.33 bits per heavy atom. The molecule has 8 heteroatoms. The van der Waals surface area contributed by atoms with Crippen molar-refractivity contribution in [1.29, 1.82) is 0 Å². The fourth-order valence-electron chi connectivity index (χ4n) is 2.00. The third kappa shape index (κ3) is 4.64. The standard InChI is InChI=1S/C16H21N3O4S/c1-11(2)15-18-19-16(23-15)12(3)17-14(20)9-10-24(21,22)13-7-5-4-6-8-13/h4-8,11-12H,9-10H2,1-3H3,(H,17,20)/t12-/m1/s1. The van der Waals surface area contributed by atoms with Gasteiger partial charge in [0.2, 0.25) is 17.7 Å². The second-order valence-electron chi connectivity index (χ2n) is 5.80. The molecule has 130 valence electrons. The van der Waals surface area contributed by atoms with E-state index in [2.05, 4.69) is 15.5 Å². The Balaban J connectivity index is 1.91. The van der Waals surface area contributed by atoms with E-state index in [4.69, 9.17) is 4.42 Å². The number of hydrogen-bond donors (Lipinski definition) is 1. The summed E-state index contributed by atoms with van der Waals surface area (Å²) in [5.74, 6) is 0.267. The minimum atomic E-state index is -3.48. The van der Waals surface area contributed by atoms with E-state index >= 15 is 0 Å². The van der Waals surface area contributed by atoms with Crippen LogP contribution in [0.4, 0.5) is 0 Å². The maximum absolute atomic E-state index is 12.1. The molecule has 0 spiro atoms. The number of nitrogens with zero attached hydrogens (tertiary/aromatic N) is 2. The van der Waals surface area contributed by atoms with Gasteiger partial charge in [-0.3, -0.25) is 4.79 Å². The van der Waals surface area contributed by atoms with Gasteiger partial charge in [0.15, 0.2) is 9.84 Å². The summed E-state index contributed by atoms with van der Waals surface area (Å²) in [7, 11) is -3.48. The van der Waals surface area contributed by atoms with Crippen molar-refractivity contribution >= 4 is 15.7 Å². The predicted molar refractivity (Wildman–Crippen MR) is 88.1 cm³/mol. The summed E-state index contributed by atoms with van der Waals surface area (Å²) in [5.41, 5.74) is 0.